The Bertz CT molecular complexity index is 464. The summed E-state index contributed by atoms with van der Waals surface area (Å²) < 4.78 is 4.72. The number of methoxy groups -OCH3 is 1. The summed E-state index contributed by atoms with van der Waals surface area (Å²) in [5.74, 6) is 0.522. The average Bonchev–Trinajstić information content (AvgIpc) is 2.65. The highest BCUT2D eigenvalue weighted by atomic mass is 16.5. The van der Waals surface area contributed by atoms with E-state index in [2.05, 4.69) is 49.4 Å². The number of esters is 1. The molecule has 1 rings (SSSR count). The lowest BCUT2D eigenvalue weighted by molar-refractivity contribution is -0.140. The molecule has 25 heavy (non-hydrogen) atoms. The van der Waals surface area contributed by atoms with Crippen molar-refractivity contribution in [3.63, 3.8) is 0 Å². The summed E-state index contributed by atoms with van der Waals surface area (Å²) in [7, 11) is 1.46. The summed E-state index contributed by atoms with van der Waals surface area (Å²) in [6.07, 6.45) is 17.2. The third kappa shape index (κ3) is 10.8. The van der Waals surface area contributed by atoms with Crippen LogP contribution in [0.2, 0.25) is 0 Å². The summed E-state index contributed by atoms with van der Waals surface area (Å²) in [6.45, 7) is 2.24. The van der Waals surface area contributed by atoms with Crippen molar-refractivity contribution in [2.24, 2.45) is 0 Å². The van der Waals surface area contributed by atoms with E-state index in [1.54, 1.807) is 0 Å². The van der Waals surface area contributed by atoms with Crippen LogP contribution in [0, 0.1) is 0 Å². The molecule has 1 aromatic carbocycles. The van der Waals surface area contributed by atoms with Crippen LogP contribution >= 0.6 is 0 Å². The standard InChI is InChI=1S/C23H36O2/c1-3-4-5-6-7-8-9-11-16-22(21-17-12-10-13-18-21)19-14-15-20-23(24)25-2/h6-7,10,12-13,17-18,22H,3-5,8-9,11,14-16,19-20H2,1-2H3. The Hall–Kier alpha value is -1.57. The van der Waals surface area contributed by atoms with Crippen molar-refractivity contribution < 1.29 is 9.53 Å². The summed E-state index contributed by atoms with van der Waals surface area (Å²) in [6, 6.07) is 10.8. The minimum atomic E-state index is -0.0916. The van der Waals surface area contributed by atoms with E-state index >= 15 is 0 Å². The second-order valence-corrected chi connectivity index (χ2v) is 6.83. The van der Waals surface area contributed by atoms with E-state index in [0.717, 1.165) is 19.3 Å². The van der Waals surface area contributed by atoms with Crippen LogP contribution in [-0.2, 0) is 9.53 Å². The van der Waals surface area contributed by atoms with E-state index in [-0.39, 0.29) is 5.97 Å². The first-order valence-electron chi connectivity index (χ1n) is 10.0. The van der Waals surface area contributed by atoms with Gasteiger partial charge in [0.05, 0.1) is 7.11 Å². The molecule has 0 aliphatic heterocycles. The molecule has 0 amide bonds. The van der Waals surface area contributed by atoms with Gasteiger partial charge in [0, 0.05) is 6.42 Å². The van der Waals surface area contributed by atoms with Gasteiger partial charge in [0.2, 0.25) is 0 Å². The molecule has 0 heterocycles. The van der Waals surface area contributed by atoms with Gasteiger partial charge in [0.1, 0.15) is 0 Å². The fraction of sp³-hybridized carbons (Fsp3) is 0.609. The highest BCUT2D eigenvalue weighted by Gasteiger charge is 2.11. The third-order valence-corrected chi connectivity index (χ3v) is 4.75. The summed E-state index contributed by atoms with van der Waals surface area (Å²) in [5.41, 5.74) is 1.44. The highest BCUT2D eigenvalue weighted by Crippen LogP contribution is 2.28. The minimum Gasteiger partial charge on any atom is -0.469 e. The largest absolute Gasteiger partial charge is 0.469 e. The zero-order valence-corrected chi connectivity index (χ0v) is 16.2. The number of hydrogen-bond acceptors (Lipinski definition) is 2. The Morgan fingerprint density at radius 2 is 1.60 bits per heavy atom. The predicted molar refractivity (Wildman–Crippen MR) is 107 cm³/mol. The summed E-state index contributed by atoms with van der Waals surface area (Å²) >= 11 is 0. The van der Waals surface area contributed by atoms with Crippen LogP contribution < -0.4 is 0 Å². The maximum atomic E-state index is 11.2. The highest BCUT2D eigenvalue weighted by molar-refractivity contribution is 5.68. The van der Waals surface area contributed by atoms with E-state index < -0.39 is 0 Å². The monoisotopic (exact) mass is 344 g/mol. The molecule has 0 aliphatic rings. The first-order chi connectivity index (χ1) is 12.3. The number of ether oxygens (including phenoxy) is 1. The second kappa shape index (κ2) is 14.7. The average molecular weight is 345 g/mol. The molecule has 140 valence electrons. The minimum absolute atomic E-state index is 0.0916. The molecule has 0 fully saturated rings. The Balaban J connectivity index is 2.32. The van der Waals surface area contributed by atoms with E-state index in [1.807, 2.05) is 0 Å². The van der Waals surface area contributed by atoms with Crippen molar-refractivity contribution in [3.05, 3.63) is 48.0 Å². The van der Waals surface area contributed by atoms with Crippen LogP contribution in [0.25, 0.3) is 0 Å². The molecule has 1 atom stereocenters. The Morgan fingerprint density at radius 1 is 0.960 bits per heavy atom. The van der Waals surface area contributed by atoms with Gasteiger partial charge in [-0.1, -0.05) is 75.1 Å². The SMILES string of the molecule is CCCCC=CCCCCC(CCCCC(=O)OC)c1ccccc1. The van der Waals surface area contributed by atoms with E-state index in [9.17, 15) is 4.79 Å². The van der Waals surface area contributed by atoms with Crippen LogP contribution in [0.15, 0.2) is 42.5 Å². The smallest absolute Gasteiger partial charge is 0.305 e. The Kier molecular flexibility index (Phi) is 12.7. The van der Waals surface area contributed by atoms with Gasteiger partial charge in [0.25, 0.3) is 0 Å². The molecular weight excluding hydrogens is 308 g/mol. The van der Waals surface area contributed by atoms with Crippen molar-refractivity contribution in [2.45, 2.75) is 83.5 Å². The lowest BCUT2D eigenvalue weighted by atomic mass is 9.88. The first kappa shape index (κ1) is 21.5. The number of carbonyl (C=O) groups excluding carboxylic acids is 1. The molecule has 0 spiro atoms. The normalized spacial score (nSPS) is 12.4. The van der Waals surface area contributed by atoms with Gasteiger partial charge >= 0.3 is 5.97 Å². The summed E-state index contributed by atoms with van der Waals surface area (Å²) in [5, 5.41) is 0. The van der Waals surface area contributed by atoms with Gasteiger partial charge in [-0.3, -0.25) is 4.79 Å². The van der Waals surface area contributed by atoms with Crippen LogP contribution in [-0.4, -0.2) is 13.1 Å². The van der Waals surface area contributed by atoms with E-state index in [4.69, 9.17) is 4.74 Å². The van der Waals surface area contributed by atoms with Crippen LogP contribution in [0.3, 0.4) is 0 Å². The molecule has 1 unspecified atom stereocenters. The van der Waals surface area contributed by atoms with Crippen molar-refractivity contribution >= 4 is 5.97 Å². The maximum Gasteiger partial charge on any atom is 0.305 e. The molecule has 2 heteroatoms. The molecule has 0 saturated carbocycles. The summed E-state index contributed by atoms with van der Waals surface area (Å²) in [4.78, 5) is 11.2. The van der Waals surface area contributed by atoms with Gasteiger partial charge in [0.15, 0.2) is 0 Å². The number of unbranched alkanes of at least 4 members (excludes halogenated alkanes) is 5. The third-order valence-electron chi connectivity index (χ3n) is 4.75. The number of hydrogen-bond donors (Lipinski definition) is 0. The van der Waals surface area contributed by atoms with Gasteiger partial charge in [-0.25, -0.2) is 0 Å². The molecule has 0 aliphatic carbocycles. The van der Waals surface area contributed by atoms with Crippen molar-refractivity contribution in [1.29, 1.82) is 0 Å². The lowest BCUT2D eigenvalue weighted by Crippen LogP contribution is -2.02. The molecular formula is C23H36O2. The van der Waals surface area contributed by atoms with Gasteiger partial charge < -0.3 is 4.74 Å². The van der Waals surface area contributed by atoms with Gasteiger partial charge in [-0.15, -0.1) is 0 Å². The van der Waals surface area contributed by atoms with Gasteiger partial charge in [-0.2, -0.15) is 0 Å². The molecule has 0 N–H and O–H groups in total. The fourth-order valence-electron chi connectivity index (χ4n) is 3.18. The quantitative estimate of drug-likeness (QED) is 0.210. The van der Waals surface area contributed by atoms with Crippen LogP contribution in [0.5, 0.6) is 0 Å². The van der Waals surface area contributed by atoms with E-state index in [0.29, 0.717) is 12.3 Å². The molecule has 0 saturated heterocycles. The van der Waals surface area contributed by atoms with Crippen molar-refractivity contribution in [1.82, 2.24) is 0 Å². The van der Waals surface area contributed by atoms with Crippen LogP contribution in [0.4, 0.5) is 0 Å². The molecule has 2 nitrogen and oxygen atoms in total. The fourth-order valence-corrected chi connectivity index (χ4v) is 3.18. The van der Waals surface area contributed by atoms with Crippen molar-refractivity contribution in [3.8, 4) is 0 Å². The molecule has 0 bridgehead atoms. The maximum absolute atomic E-state index is 11.2. The number of rotatable bonds is 14. The predicted octanol–water partition coefficient (Wildman–Crippen LogP) is 6.81. The second-order valence-electron chi connectivity index (χ2n) is 6.83. The van der Waals surface area contributed by atoms with Crippen LogP contribution in [0.1, 0.15) is 89.0 Å². The molecule has 1 aromatic rings. The first-order valence-corrected chi connectivity index (χ1v) is 10.0. The zero-order chi connectivity index (χ0) is 18.2. The lowest BCUT2D eigenvalue weighted by Gasteiger charge is -2.17. The van der Waals surface area contributed by atoms with Gasteiger partial charge in [-0.05, 0) is 50.0 Å². The number of allylic oxidation sites excluding steroid dienone is 2. The Morgan fingerprint density at radius 3 is 2.24 bits per heavy atom. The van der Waals surface area contributed by atoms with E-state index in [1.165, 1.54) is 57.6 Å². The molecule has 0 radical (unpaired) electrons. The topological polar surface area (TPSA) is 26.3 Å². The molecule has 0 aromatic heterocycles. The zero-order valence-electron chi connectivity index (χ0n) is 16.2. The number of carbonyl (C=O) groups is 1. The Labute approximate surface area is 154 Å². The number of benzene rings is 1. The van der Waals surface area contributed by atoms with Crippen molar-refractivity contribution in [2.75, 3.05) is 7.11 Å².